The van der Waals surface area contributed by atoms with Crippen LogP contribution >= 0.6 is 0 Å². The number of aromatic nitrogens is 1. The van der Waals surface area contributed by atoms with Gasteiger partial charge in [-0.05, 0) is 6.92 Å². The van der Waals surface area contributed by atoms with E-state index in [0.29, 0.717) is 5.69 Å². The molecule has 66 valence electrons. The Morgan fingerprint density at radius 1 is 1.58 bits per heavy atom. The summed E-state index contributed by atoms with van der Waals surface area (Å²) in [7, 11) is 0. The van der Waals surface area contributed by atoms with Crippen LogP contribution in [0.3, 0.4) is 0 Å². The molecule has 12 heavy (non-hydrogen) atoms. The molecule has 1 rings (SSSR count). The van der Waals surface area contributed by atoms with E-state index in [1.807, 2.05) is 0 Å². The summed E-state index contributed by atoms with van der Waals surface area (Å²) in [6.07, 6.45) is -1.81. The summed E-state index contributed by atoms with van der Waals surface area (Å²) in [6.45, 7) is 1.50. The van der Waals surface area contributed by atoms with Crippen LogP contribution in [0, 0.1) is 6.92 Å². The van der Waals surface area contributed by atoms with Gasteiger partial charge in [-0.25, -0.2) is 8.78 Å². The second-order valence-corrected chi connectivity index (χ2v) is 2.36. The quantitative estimate of drug-likeness (QED) is 0.680. The zero-order valence-electron chi connectivity index (χ0n) is 6.38. The van der Waals surface area contributed by atoms with Gasteiger partial charge in [-0.1, -0.05) is 0 Å². The first-order valence-corrected chi connectivity index (χ1v) is 3.26. The molecule has 0 unspecified atom stereocenters. The van der Waals surface area contributed by atoms with Crippen LogP contribution in [0.15, 0.2) is 6.20 Å². The van der Waals surface area contributed by atoms with E-state index in [-0.39, 0.29) is 5.69 Å². The average Bonchev–Trinajstić information content (AvgIpc) is 1.97. The largest absolute Gasteiger partial charge is 0.506 e. The van der Waals surface area contributed by atoms with Gasteiger partial charge >= 0.3 is 0 Å². The van der Waals surface area contributed by atoms with Crippen LogP contribution < -0.4 is 5.73 Å². The lowest BCUT2D eigenvalue weighted by Crippen LogP contribution is -2.00. The topological polar surface area (TPSA) is 59.1 Å². The third-order valence-electron chi connectivity index (χ3n) is 1.55. The minimum absolute atomic E-state index is 0.148. The molecule has 0 bridgehead atoms. The summed E-state index contributed by atoms with van der Waals surface area (Å²) >= 11 is 0. The molecule has 0 amide bonds. The molecule has 0 aliphatic carbocycles. The first kappa shape index (κ1) is 8.70. The van der Waals surface area contributed by atoms with E-state index in [9.17, 15) is 8.78 Å². The maximum Gasteiger partial charge on any atom is 0.269 e. The molecule has 1 heterocycles. The van der Waals surface area contributed by atoms with Gasteiger partial charge in [-0.15, -0.1) is 0 Å². The summed E-state index contributed by atoms with van der Waals surface area (Å²) in [5.74, 6) is -0.562. The molecule has 0 fully saturated rings. The molecular formula is C7H8F2N2O. The maximum absolute atomic E-state index is 12.2. The van der Waals surface area contributed by atoms with E-state index >= 15 is 0 Å². The van der Waals surface area contributed by atoms with Crippen molar-refractivity contribution in [1.29, 1.82) is 0 Å². The number of nitrogens with zero attached hydrogens (tertiary/aromatic N) is 1. The van der Waals surface area contributed by atoms with E-state index in [1.54, 1.807) is 0 Å². The molecule has 0 saturated heterocycles. The van der Waals surface area contributed by atoms with Crippen LogP contribution in [0.25, 0.3) is 0 Å². The molecule has 0 spiro atoms. The number of alkyl halides is 2. The fourth-order valence-electron chi connectivity index (χ4n) is 0.859. The Morgan fingerprint density at radius 3 is 2.58 bits per heavy atom. The summed E-state index contributed by atoms with van der Waals surface area (Å²) in [6, 6.07) is 0. The number of rotatable bonds is 1. The molecule has 0 saturated carbocycles. The Labute approximate surface area is 67.8 Å². The molecule has 3 nitrogen and oxygen atoms in total. The molecule has 3 N–H and O–H groups in total. The van der Waals surface area contributed by atoms with Crippen molar-refractivity contribution in [1.82, 2.24) is 4.98 Å². The number of pyridine rings is 1. The molecule has 1 aromatic heterocycles. The van der Waals surface area contributed by atoms with Gasteiger partial charge in [-0.2, -0.15) is 0 Å². The van der Waals surface area contributed by atoms with E-state index in [4.69, 9.17) is 10.8 Å². The lowest BCUT2D eigenvalue weighted by atomic mass is 10.2. The fraction of sp³-hybridized carbons (Fsp3) is 0.286. The van der Waals surface area contributed by atoms with E-state index < -0.39 is 17.7 Å². The summed E-state index contributed by atoms with van der Waals surface area (Å²) < 4.78 is 24.4. The number of nitrogen functional groups attached to an aromatic ring is 1. The van der Waals surface area contributed by atoms with Crippen molar-refractivity contribution in [2.45, 2.75) is 13.3 Å². The Balaban J connectivity index is 3.33. The molecular weight excluding hydrogens is 166 g/mol. The highest BCUT2D eigenvalue weighted by Crippen LogP contribution is 2.33. The summed E-state index contributed by atoms with van der Waals surface area (Å²) in [5, 5.41) is 8.96. The van der Waals surface area contributed by atoms with Crippen LogP contribution in [-0.2, 0) is 0 Å². The normalized spacial score (nSPS) is 10.7. The van der Waals surface area contributed by atoms with Gasteiger partial charge in [0.15, 0.2) is 0 Å². The average molecular weight is 174 g/mol. The summed E-state index contributed by atoms with van der Waals surface area (Å²) in [5.41, 5.74) is 4.89. The highest BCUT2D eigenvalue weighted by atomic mass is 19.3. The second kappa shape index (κ2) is 2.92. The number of aryl methyl sites for hydroxylation is 1. The SMILES string of the molecule is Cc1ncc(O)c(C(F)F)c1N. The Morgan fingerprint density at radius 2 is 2.17 bits per heavy atom. The smallest absolute Gasteiger partial charge is 0.269 e. The fourth-order valence-corrected chi connectivity index (χ4v) is 0.859. The van der Waals surface area contributed by atoms with Gasteiger partial charge in [0.1, 0.15) is 5.75 Å². The van der Waals surface area contributed by atoms with Crippen molar-refractivity contribution in [3.63, 3.8) is 0 Å². The van der Waals surface area contributed by atoms with Gasteiger partial charge in [0.2, 0.25) is 0 Å². The molecule has 0 aromatic carbocycles. The van der Waals surface area contributed by atoms with Crippen LogP contribution in [-0.4, -0.2) is 10.1 Å². The molecule has 0 radical (unpaired) electrons. The van der Waals surface area contributed by atoms with Crippen LogP contribution in [0.5, 0.6) is 5.75 Å². The summed E-state index contributed by atoms with van der Waals surface area (Å²) in [4.78, 5) is 3.61. The highest BCUT2D eigenvalue weighted by molar-refractivity contribution is 5.56. The van der Waals surface area contributed by atoms with Crippen LogP contribution in [0.1, 0.15) is 17.7 Å². The Kier molecular flexibility index (Phi) is 2.12. The molecule has 1 aromatic rings. The molecule has 5 heteroatoms. The lowest BCUT2D eigenvalue weighted by molar-refractivity contribution is 0.148. The second-order valence-electron chi connectivity index (χ2n) is 2.36. The number of aromatic hydroxyl groups is 1. The van der Waals surface area contributed by atoms with Gasteiger partial charge in [-0.3, -0.25) is 4.98 Å². The standard InChI is InChI=1S/C7H8F2N2O/c1-3-6(10)5(7(8)9)4(12)2-11-3/h2,7,12H,10H2,1H3. The third-order valence-corrected chi connectivity index (χ3v) is 1.55. The van der Waals surface area contributed by atoms with Crippen molar-refractivity contribution in [2.75, 3.05) is 5.73 Å². The first-order valence-electron chi connectivity index (χ1n) is 3.26. The number of halogens is 2. The third kappa shape index (κ3) is 1.30. The molecule has 0 aliphatic heterocycles. The van der Waals surface area contributed by atoms with Crippen LogP contribution in [0.2, 0.25) is 0 Å². The van der Waals surface area contributed by atoms with E-state index in [2.05, 4.69) is 4.98 Å². The minimum Gasteiger partial charge on any atom is -0.506 e. The van der Waals surface area contributed by atoms with Crippen molar-refractivity contribution < 1.29 is 13.9 Å². The van der Waals surface area contributed by atoms with Gasteiger partial charge in [0, 0.05) is 0 Å². The lowest BCUT2D eigenvalue weighted by Gasteiger charge is -2.07. The maximum atomic E-state index is 12.2. The number of anilines is 1. The number of nitrogens with two attached hydrogens (primary N) is 1. The predicted octanol–water partition coefficient (Wildman–Crippen LogP) is 1.62. The van der Waals surface area contributed by atoms with Gasteiger partial charge in [0.25, 0.3) is 6.43 Å². The predicted molar refractivity (Wildman–Crippen MR) is 40.0 cm³/mol. The zero-order chi connectivity index (χ0) is 9.30. The van der Waals surface area contributed by atoms with Crippen molar-refractivity contribution >= 4 is 5.69 Å². The highest BCUT2D eigenvalue weighted by Gasteiger charge is 2.18. The Bertz CT molecular complexity index is 302. The number of hydrogen-bond donors (Lipinski definition) is 2. The van der Waals surface area contributed by atoms with Gasteiger partial charge < -0.3 is 10.8 Å². The van der Waals surface area contributed by atoms with E-state index in [0.717, 1.165) is 6.20 Å². The van der Waals surface area contributed by atoms with Crippen molar-refractivity contribution in [2.24, 2.45) is 0 Å². The zero-order valence-corrected chi connectivity index (χ0v) is 6.38. The number of hydrogen-bond acceptors (Lipinski definition) is 3. The van der Waals surface area contributed by atoms with Crippen molar-refractivity contribution in [3.8, 4) is 5.75 Å². The van der Waals surface area contributed by atoms with Crippen LogP contribution in [0.4, 0.5) is 14.5 Å². The van der Waals surface area contributed by atoms with Crippen molar-refractivity contribution in [3.05, 3.63) is 17.5 Å². The van der Waals surface area contributed by atoms with E-state index in [1.165, 1.54) is 6.92 Å². The minimum atomic E-state index is -2.77. The Hall–Kier alpha value is -1.39. The van der Waals surface area contributed by atoms with Gasteiger partial charge in [0.05, 0.1) is 23.1 Å². The molecule has 0 aliphatic rings. The first-order chi connectivity index (χ1) is 5.54. The molecule has 0 atom stereocenters. The monoisotopic (exact) mass is 174 g/mol.